The van der Waals surface area contributed by atoms with Gasteiger partial charge in [0.1, 0.15) is 11.6 Å². The summed E-state index contributed by atoms with van der Waals surface area (Å²) < 4.78 is 39.2. The number of benzene rings is 1. The predicted molar refractivity (Wildman–Crippen MR) is 60.1 cm³/mol. The maximum atomic E-state index is 13.3. The van der Waals surface area contributed by atoms with Crippen molar-refractivity contribution in [3.8, 4) is 0 Å². The van der Waals surface area contributed by atoms with Crippen molar-refractivity contribution in [3.63, 3.8) is 0 Å². The Labute approximate surface area is 101 Å². The molecular formula is C11H9F3N4. The lowest BCUT2D eigenvalue weighted by Gasteiger charge is -2.07. The van der Waals surface area contributed by atoms with Crippen molar-refractivity contribution in [2.45, 2.75) is 6.54 Å². The number of nitrogen functional groups attached to an aromatic ring is 1. The number of nitrogens with two attached hydrogens (primary N) is 1. The van der Waals surface area contributed by atoms with Crippen molar-refractivity contribution >= 4 is 11.8 Å². The minimum absolute atomic E-state index is 0.0422. The number of hydrogen-bond acceptors (Lipinski definition) is 4. The van der Waals surface area contributed by atoms with Crippen LogP contribution < -0.4 is 11.1 Å². The third kappa shape index (κ3) is 2.68. The average molecular weight is 254 g/mol. The van der Waals surface area contributed by atoms with E-state index in [1.165, 1.54) is 6.07 Å². The molecule has 4 nitrogen and oxygen atoms in total. The van der Waals surface area contributed by atoms with Crippen molar-refractivity contribution in [1.29, 1.82) is 0 Å². The summed E-state index contributed by atoms with van der Waals surface area (Å²) in [6, 6.07) is 3.13. The minimum atomic E-state index is -0.718. The first kappa shape index (κ1) is 12.2. The maximum Gasteiger partial charge on any atom is 0.222 e. The molecule has 94 valence electrons. The Hall–Kier alpha value is -2.31. The molecule has 0 saturated carbocycles. The molecule has 2 rings (SSSR count). The van der Waals surface area contributed by atoms with Crippen LogP contribution in [-0.2, 0) is 6.54 Å². The molecular weight excluding hydrogens is 245 g/mol. The number of rotatable bonds is 3. The van der Waals surface area contributed by atoms with Gasteiger partial charge >= 0.3 is 0 Å². The van der Waals surface area contributed by atoms with Crippen LogP contribution in [0.25, 0.3) is 0 Å². The molecule has 1 heterocycles. The summed E-state index contributed by atoms with van der Waals surface area (Å²) in [6.45, 7) is -0.0422. The van der Waals surface area contributed by atoms with Crippen molar-refractivity contribution in [1.82, 2.24) is 9.97 Å². The summed E-state index contributed by atoms with van der Waals surface area (Å²) >= 11 is 0. The number of nitrogens with zero attached hydrogens (tertiary/aromatic N) is 2. The molecule has 18 heavy (non-hydrogen) atoms. The minimum Gasteiger partial charge on any atom is -0.368 e. The molecule has 1 aromatic heterocycles. The number of hydrogen-bond donors (Lipinski definition) is 2. The lowest BCUT2D eigenvalue weighted by atomic mass is 10.2. The van der Waals surface area contributed by atoms with Gasteiger partial charge < -0.3 is 11.1 Å². The number of anilines is 2. The Balaban J connectivity index is 2.13. The van der Waals surface area contributed by atoms with E-state index in [9.17, 15) is 13.2 Å². The van der Waals surface area contributed by atoms with Crippen LogP contribution in [0.5, 0.6) is 0 Å². The van der Waals surface area contributed by atoms with Gasteiger partial charge in [-0.3, -0.25) is 0 Å². The average Bonchev–Trinajstić information content (AvgIpc) is 2.32. The summed E-state index contributed by atoms with van der Waals surface area (Å²) in [5, 5.41) is 2.56. The quantitative estimate of drug-likeness (QED) is 0.880. The fraction of sp³-hybridized carbons (Fsp3) is 0.0909. The molecule has 0 atom stereocenters. The van der Waals surface area contributed by atoms with Crippen molar-refractivity contribution < 1.29 is 13.2 Å². The Kier molecular flexibility index (Phi) is 3.31. The molecule has 0 aliphatic rings. The number of halogens is 3. The van der Waals surface area contributed by atoms with Crippen LogP contribution in [0.2, 0.25) is 0 Å². The van der Waals surface area contributed by atoms with E-state index in [0.717, 1.165) is 18.3 Å². The van der Waals surface area contributed by atoms with E-state index in [4.69, 9.17) is 5.73 Å². The van der Waals surface area contributed by atoms with Gasteiger partial charge in [0.2, 0.25) is 5.95 Å². The Bertz CT molecular complexity index is 574. The van der Waals surface area contributed by atoms with Gasteiger partial charge in [0.25, 0.3) is 0 Å². The van der Waals surface area contributed by atoms with Crippen LogP contribution in [0.1, 0.15) is 5.56 Å². The zero-order chi connectivity index (χ0) is 13.1. The highest BCUT2D eigenvalue weighted by Gasteiger charge is 2.07. The smallest absolute Gasteiger partial charge is 0.222 e. The lowest BCUT2D eigenvalue weighted by Crippen LogP contribution is -2.07. The van der Waals surface area contributed by atoms with Crippen LogP contribution in [-0.4, -0.2) is 9.97 Å². The normalized spacial score (nSPS) is 10.4. The topological polar surface area (TPSA) is 63.8 Å². The molecule has 0 radical (unpaired) electrons. The van der Waals surface area contributed by atoms with E-state index in [2.05, 4.69) is 15.3 Å². The summed E-state index contributed by atoms with van der Waals surface area (Å²) in [4.78, 5) is 7.07. The van der Waals surface area contributed by atoms with Gasteiger partial charge in [-0.1, -0.05) is 6.07 Å². The van der Waals surface area contributed by atoms with Gasteiger partial charge in [-0.05, 0) is 6.07 Å². The molecule has 0 spiro atoms. The Morgan fingerprint density at radius 1 is 1.17 bits per heavy atom. The molecule has 0 bridgehead atoms. The van der Waals surface area contributed by atoms with Crippen LogP contribution >= 0.6 is 0 Å². The van der Waals surface area contributed by atoms with Gasteiger partial charge in [0.15, 0.2) is 11.6 Å². The first-order valence-electron chi connectivity index (χ1n) is 5.02. The number of nitrogens with one attached hydrogen (secondary N) is 1. The molecule has 2 aromatic rings. The van der Waals surface area contributed by atoms with Crippen molar-refractivity contribution in [2.75, 3.05) is 11.1 Å². The number of aromatic nitrogens is 2. The highest BCUT2D eigenvalue weighted by molar-refractivity contribution is 5.40. The first-order chi connectivity index (χ1) is 8.56. The molecule has 0 fully saturated rings. The SMILES string of the molecule is Nc1ncc(F)c(NCc2ccc(F)cc2F)n1. The van der Waals surface area contributed by atoms with Crippen molar-refractivity contribution in [2.24, 2.45) is 0 Å². The largest absolute Gasteiger partial charge is 0.368 e. The fourth-order valence-corrected chi connectivity index (χ4v) is 1.35. The maximum absolute atomic E-state index is 13.3. The van der Waals surface area contributed by atoms with Gasteiger partial charge in [-0.2, -0.15) is 4.98 Å². The molecule has 0 unspecified atom stereocenters. The van der Waals surface area contributed by atoms with Gasteiger partial charge in [0.05, 0.1) is 6.20 Å². The van der Waals surface area contributed by atoms with Crippen LogP contribution in [0, 0.1) is 17.5 Å². The van der Waals surface area contributed by atoms with E-state index in [-0.39, 0.29) is 23.9 Å². The second-order valence-corrected chi connectivity index (χ2v) is 3.51. The van der Waals surface area contributed by atoms with E-state index < -0.39 is 17.5 Å². The highest BCUT2D eigenvalue weighted by atomic mass is 19.1. The molecule has 3 N–H and O–H groups in total. The summed E-state index contributed by atoms with van der Waals surface area (Å²) in [6.07, 6.45) is 0.908. The third-order valence-electron chi connectivity index (χ3n) is 2.22. The second-order valence-electron chi connectivity index (χ2n) is 3.51. The summed E-state index contributed by atoms with van der Waals surface area (Å²) in [5.41, 5.74) is 5.48. The van der Waals surface area contributed by atoms with Gasteiger partial charge in [-0.15, -0.1) is 0 Å². The standard InChI is InChI=1S/C11H9F3N4/c12-7-2-1-6(8(13)3-7)4-16-10-9(14)5-17-11(15)18-10/h1-3,5H,4H2,(H3,15,16,17,18). The van der Waals surface area contributed by atoms with E-state index in [1.807, 2.05) is 0 Å². The van der Waals surface area contributed by atoms with E-state index in [0.29, 0.717) is 0 Å². The highest BCUT2D eigenvalue weighted by Crippen LogP contribution is 2.14. The molecule has 0 saturated heterocycles. The second kappa shape index (κ2) is 4.91. The van der Waals surface area contributed by atoms with Crippen LogP contribution in [0.3, 0.4) is 0 Å². The third-order valence-corrected chi connectivity index (χ3v) is 2.22. The first-order valence-corrected chi connectivity index (χ1v) is 5.02. The summed E-state index contributed by atoms with van der Waals surface area (Å²) in [5.74, 6) is -2.32. The van der Waals surface area contributed by atoms with Gasteiger partial charge in [0, 0.05) is 18.2 Å². The molecule has 7 heteroatoms. The monoisotopic (exact) mass is 254 g/mol. The van der Waals surface area contributed by atoms with E-state index >= 15 is 0 Å². The Morgan fingerprint density at radius 2 is 1.94 bits per heavy atom. The van der Waals surface area contributed by atoms with E-state index in [1.54, 1.807) is 0 Å². The van der Waals surface area contributed by atoms with Crippen LogP contribution in [0.15, 0.2) is 24.4 Å². The molecule has 0 aliphatic carbocycles. The lowest BCUT2D eigenvalue weighted by molar-refractivity contribution is 0.573. The Morgan fingerprint density at radius 3 is 2.67 bits per heavy atom. The molecule has 1 aromatic carbocycles. The zero-order valence-electron chi connectivity index (χ0n) is 9.12. The molecule has 0 amide bonds. The van der Waals surface area contributed by atoms with Crippen LogP contribution in [0.4, 0.5) is 24.9 Å². The fourth-order valence-electron chi connectivity index (χ4n) is 1.35. The summed E-state index contributed by atoms with van der Waals surface area (Å²) in [7, 11) is 0. The van der Waals surface area contributed by atoms with Crippen molar-refractivity contribution in [3.05, 3.63) is 47.4 Å². The molecule has 0 aliphatic heterocycles. The predicted octanol–water partition coefficient (Wildman–Crippen LogP) is 2.09. The van der Waals surface area contributed by atoms with Gasteiger partial charge in [-0.25, -0.2) is 18.2 Å². The zero-order valence-corrected chi connectivity index (χ0v) is 9.12.